The highest BCUT2D eigenvalue weighted by atomic mass is 16.5. The molecule has 28 heavy (non-hydrogen) atoms. The molecule has 0 N–H and O–H groups in total. The van der Waals surface area contributed by atoms with E-state index in [0.717, 1.165) is 42.1 Å². The number of benzene rings is 1. The first kappa shape index (κ1) is 18.4. The van der Waals surface area contributed by atoms with E-state index in [9.17, 15) is 9.59 Å². The van der Waals surface area contributed by atoms with Gasteiger partial charge in [0.15, 0.2) is 5.78 Å². The second kappa shape index (κ2) is 7.55. The highest BCUT2D eigenvalue weighted by Gasteiger charge is 2.22. The maximum Gasteiger partial charge on any atom is 0.368 e. The number of carbonyl (C=O) groups excluding carboxylic acids is 1. The molecule has 1 atom stereocenters. The number of ether oxygens (including phenoxy) is 1. The lowest BCUT2D eigenvalue weighted by Gasteiger charge is -2.14. The van der Waals surface area contributed by atoms with E-state index in [2.05, 4.69) is 15.0 Å². The minimum absolute atomic E-state index is 0.143. The third kappa shape index (κ3) is 3.43. The summed E-state index contributed by atoms with van der Waals surface area (Å²) in [7, 11) is 0. The lowest BCUT2D eigenvalue weighted by Crippen LogP contribution is -2.27. The van der Waals surface area contributed by atoms with Crippen LogP contribution in [0.2, 0.25) is 0 Å². The molecule has 1 aromatic carbocycles. The van der Waals surface area contributed by atoms with E-state index >= 15 is 0 Å². The van der Waals surface area contributed by atoms with Gasteiger partial charge in [0.25, 0.3) is 0 Å². The van der Waals surface area contributed by atoms with Crippen molar-refractivity contribution >= 4 is 5.78 Å². The zero-order valence-electron chi connectivity index (χ0n) is 16.0. The monoisotopic (exact) mass is 381 g/mol. The normalized spacial score (nSPS) is 16.6. The quantitative estimate of drug-likeness (QED) is 0.609. The number of carbonyl (C=O) groups is 1. The molecule has 0 bridgehead atoms. The van der Waals surface area contributed by atoms with Crippen LogP contribution in [0.1, 0.15) is 34.6 Å². The van der Waals surface area contributed by atoms with Crippen molar-refractivity contribution in [3.8, 4) is 5.69 Å². The van der Waals surface area contributed by atoms with Crippen LogP contribution in [0.15, 0.2) is 41.2 Å². The molecule has 1 saturated heterocycles. The Morgan fingerprint density at radius 2 is 2.00 bits per heavy atom. The summed E-state index contributed by atoms with van der Waals surface area (Å²) < 4.78 is 10.1. The number of aryl methyl sites for hydroxylation is 1. The van der Waals surface area contributed by atoms with Crippen molar-refractivity contribution in [2.75, 3.05) is 6.61 Å². The van der Waals surface area contributed by atoms with Crippen LogP contribution in [0.3, 0.4) is 0 Å². The fourth-order valence-electron chi connectivity index (χ4n) is 3.68. The molecule has 0 amide bonds. The summed E-state index contributed by atoms with van der Waals surface area (Å²) >= 11 is 0. The maximum atomic E-state index is 12.9. The molecular weight excluding hydrogens is 358 g/mol. The van der Waals surface area contributed by atoms with Gasteiger partial charge >= 0.3 is 5.69 Å². The van der Waals surface area contributed by atoms with Crippen molar-refractivity contribution in [3.05, 3.63) is 63.8 Å². The Morgan fingerprint density at radius 1 is 1.21 bits per heavy atom. The second-order valence-electron chi connectivity index (χ2n) is 7.12. The summed E-state index contributed by atoms with van der Waals surface area (Å²) in [5.74, 6) is -0.158. The molecule has 146 valence electrons. The number of aromatic nitrogens is 5. The minimum atomic E-state index is -0.437. The molecular formula is C20H23N5O3. The zero-order chi connectivity index (χ0) is 19.7. The SMILES string of the molecule is Cc1cc(C(=O)Cn2nnn(-c3ccccc3)c2=O)c(C)n1C[C@@H]1CCCO1. The van der Waals surface area contributed by atoms with E-state index in [1.165, 1.54) is 4.68 Å². The molecule has 0 radical (unpaired) electrons. The van der Waals surface area contributed by atoms with Gasteiger partial charge in [0, 0.05) is 30.1 Å². The Kier molecular flexibility index (Phi) is 4.95. The van der Waals surface area contributed by atoms with Crippen molar-refractivity contribution in [2.45, 2.75) is 45.9 Å². The molecule has 0 saturated carbocycles. The van der Waals surface area contributed by atoms with Crippen molar-refractivity contribution < 1.29 is 9.53 Å². The Labute approximate surface area is 162 Å². The topological polar surface area (TPSA) is 83.9 Å². The molecule has 8 nitrogen and oxygen atoms in total. The van der Waals surface area contributed by atoms with E-state index < -0.39 is 5.69 Å². The smallest absolute Gasteiger partial charge is 0.368 e. The zero-order valence-corrected chi connectivity index (χ0v) is 16.0. The third-order valence-corrected chi connectivity index (χ3v) is 5.22. The molecule has 8 heteroatoms. The summed E-state index contributed by atoms with van der Waals surface area (Å²) in [6, 6.07) is 10.9. The first-order chi connectivity index (χ1) is 13.5. The highest BCUT2D eigenvalue weighted by Crippen LogP contribution is 2.21. The second-order valence-corrected chi connectivity index (χ2v) is 7.12. The molecule has 0 aliphatic carbocycles. The number of ketones is 1. The van der Waals surface area contributed by atoms with Crippen LogP contribution in [0, 0.1) is 13.8 Å². The van der Waals surface area contributed by atoms with Crippen LogP contribution in [0.25, 0.3) is 5.69 Å². The predicted octanol–water partition coefficient (Wildman–Crippen LogP) is 1.91. The Morgan fingerprint density at radius 3 is 2.71 bits per heavy atom. The van der Waals surface area contributed by atoms with Crippen molar-refractivity contribution in [1.29, 1.82) is 0 Å². The molecule has 2 aromatic heterocycles. The number of hydrogen-bond acceptors (Lipinski definition) is 5. The minimum Gasteiger partial charge on any atom is -0.376 e. The number of nitrogens with zero attached hydrogens (tertiary/aromatic N) is 5. The van der Waals surface area contributed by atoms with Gasteiger partial charge in [-0.05, 0) is 55.3 Å². The van der Waals surface area contributed by atoms with Gasteiger partial charge in [0.1, 0.15) is 6.54 Å². The summed E-state index contributed by atoms with van der Waals surface area (Å²) in [4.78, 5) is 25.4. The number of rotatable bonds is 6. The van der Waals surface area contributed by atoms with Gasteiger partial charge in [-0.15, -0.1) is 0 Å². The Balaban J connectivity index is 1.55. The molecule has 1 aliphatic rings. The van der Waals surface area contributed by atoms with Crippen LogP contribution < -0.4 is 5.69 Å². The van der Waals surface area contributed by atoms with E-state index in [-0.39, 0.29) is 18.4 Å². The molecule has 1 aliphatic heterocycles. The fraction of sp³-hybridized carbons (Fsp3) is 0.400. The summed E-state index contributed by atoms with van der Waals surface area (Å²) in [5.41, 5.74) is 2.68. The lowest BCUT2D eigenvalue weighted by atomic mass is 10.1. The van der Waals surface area contributed by atoms with Gasteiger partial charge in [0.05, 0.1) is 11.8 Å². The van der Waals surface area contributed by atoms with Crippen LogP contribution in [-0.2, 0) is 17.8 Å². The maximum absolute atomic E-state index is 12.9. The fourth-order valence-corrected chi connectivity index (χ4v) is 3.68. The molecule has 0 unspecified atom stereocenters. The summed E-state index contributed by atoms with van der Waals surface area (Å²) in [6.45, 7) is 5.32. The van der Waals surface area contributed by atoms with Crippen LogP contribution in [-0.4, -0.2) is 42.9 Å². The number of Topliss-reactive ketones (excluding diaryl/α,β-unsaturated/α-hetero) is 1. The number of hydrogen-bond donors (Lipinski definition) is 0. The molecule has 0 spiro atoms. The van der Waals surface area contributed by atoms with E-state index in [4.69, 9.17) is 4.74 Å². The Hall–Kier alpha value is -3.00. The predicted molar refractivity (Wildman–Crippen MR) is 103 cm³/mol. The number of para-hydroxylation sites is 1. The van der Waals surface area contributed by atoms with Crippen LogP contribution >= 0.6 is 0 Å². The Bertz CT molecular complexity index is 1040. The van der Waals surface area contributed by atoms with E-state index in [1.54, 1.807) is 12.1 Å². The largest absolute Gasteiger partial charge is 0.376 e. The van der Waals surface area contributed by atoms with Crippen LogP contribution in [0.4, 0.5) is 0 Å². The molecule has 1 fully saturated rings. The van der Waals surface area contributed by atoms with Gasteiger partial charge in [-0.25, -0.2) is 4.79 Å². The highest BCUT2D eigenvalue weighted by molar-refractivity contribution is 5.97. The average molecular weight is 381 g/mol. The number of tetrazole rings is 1. The standard InChI is InChI=1S/C20H23N5O3/c1-14-11-18(15(2)23(14)12-17-9-6-10-28-17)19(26)13-24-20(27)25(22-21-24)16-7-4-3-5-8-16/h3-5,7-8,11,17H,6,9-10,12-13H2,1-2H3/t17-/m0/s1. The first-order valence-electron chi connectivity index (χ1n) is 9.44. The average Bonchev–Trinajstić information content (AvgIpc) is 3.40. The van der Waals surface area contributed by atoms with E-state index in [1.807, 2.05) is 38.1 Å². The van der Waals surface area contributed by atoms with Crippen molar-refractivity contribution in [2.24, 2.45) is 0 Å². The van der Waals surface area contributed by atoms with E-state index in [0.29, 0.717) is 11.3 Å². The summed E-state index contributed by atoms with van der Waals surface area (Å²) in [6.07, 6.45) is 2.31. The summed E-state index contributed by atoms with van der Waals surface area (Å²) in [5, 5.41) is 7.76. The molecule has 3 heterocycles. The molecule has 3 aromatic rings. The van der Waals surface area contributed by atoms with Gasteiger partial charge < -0.3 is 9.30 Å². The van der Waals surface area contributed by atoms with Gasteiger partial charge in [0.2, 0.25) is 0 Å². The molecule has 4 rings (SSSR count). The van der Waals surface area contributed by atoms with Crippen molar-refractivity contribution in [3.63, 3.8) is 0 Å². The lowest BCUT2D eigenvalue weighted by molar-refractivity contribution is 0.0945. The van der Waals surface area contributed by atoms with Gasteiger partial charge in [-0.3, -0.25) is 4.79 Å². The van der Waals surface area contributed by atoms with Gasteiger partial charge in [-0.2, -0.15) is 9.36 Å². The first-order valence-corrected chi connectivity index (χ1v) is 9.44. The van der Waals surface area contributed by atoms with Crippen molar-refractivity contribution in [1.82, 2.24) is 24.4 Å². The third-order valence-electron chi connectivity index (χ3n) is 5.22. The van der Waals surface area contributed by atoms with Crippen LogP contribution in [0.5, 0.6) is 0 Å². The van der Waals surface area contributed by atoms with Gasteiger partial charge in [-0.1, -0.05) is 18.2 Å².